The van der Waals surface area contributed by atoms with Crippen molar-refractivity contribution >= 4 is 17.5 Å². The number of aliphatic hydroxyl groups excluding tert-OH is 1. The number of ether oxygens (including phenoxy) is 1. The van der Waals surface area contributed by atoms with Crippen LogP contribution >= 0.6 is 0 Å². The van der Waals surface area contributed by atoms with E-state index in [1.807, 2.05) is 0 Å². The molecule has 10 heteroatoms. The van der Waals surface area contributed by atoms with Gasteiger partial charge in [0, 0.05) is 0 Å². The second-order valence-corrected chi connectivity index (χ2v) is 6.48. The Morgan fingerprint density at radius 2 is 2.00 bits per heavy atom. The van der Waals surface area contributed by atoms with E-state index in [0.29, 0.717) is 31.6 Å². The van der Waals surface area contributed by atoms with Crippen molar-refractivity contribution in [2.24, 2.45) is 0 Å². The molecule has 0 saturated carbocycles. The summed E-state index contributed by atoms with van der Waals surface area (Å²) in [5, 5.41) is 15.2. The third-order valence-electron chi connectivity index (χ3n) is 4.34. The number of hydrogen-bond acceptors (Lipinski definition) is 7. The molecule has 1 fully saturated rings. The molecular formula is C16H22F3N5O2. The maximum atomic E-state index is 13.1. The van der Waals surface area contributed by atoms with Crippen molar-refractivity contribution in [1.29, 1.82) is 0 Å². The second kappa shape index (κ2) is 7.75. The molecule has 2 heterocycles. The number of aromatic nitrogens is 3. The Bertz CT molecular complexity index is 664. The van der Waals surface area contributed by atoms with Crippen LogP contribution in [0.2, 0.25) is 0 Å². The summed E-state index contributed by atoms with van der Waals surface area (Å²) in [5.41, 5.74) is 0.710. The molecule has 0 spiro atoms. The van der Waals surface area contributed by atoms with Crippen LogP contribution in [0.1, 0.15) is 38.4 Å². The Kier molecular flexibility index (Phi) is 5.61. The van der Waals surface area contributed by atoms with Gasteiger partial charge in [0.05, 0.1) is 25.4 Å². The first-order valence-corrected chi connectivity index (χ1v) is 8.68. The predicted octanol–water partition coefficient (Wildman–Crippen LogP) is 2.36. The third kappa shape index (κ3) is 4.61. The van der Waals surface area contributed by atoms with Crippen LogP contribution in [0.15, 0.2) is 6.08 Å². The van der Waals surface area contributed by atoms with Gasteiger partial charge in [0.15, 0.2) is 5.82 Å². The van der Waals surface area contributed by atoms with Crippen LogP contribution in [0.4, 0.5) is 25.1 Å². The van der Waals surface area contributed by atoms with Gasteiger partial charge in [-0.15, -0.1) is 0 Å². The van der Waals surface area contributed by atoms with Crippen molar-refractivity contribution in [2.45, 2.75) is 57.0 Å². The van der Waals surface area contributed by atoms with Gasteiger partial charge < -0.3 is 20.5 Å². The van der Waals surface area contributed by atoms with Crippen LogP contribution in [0.5, 0.6) is 0 Å². The first kappa shape index (κ1) is 18.8. The lowest BCUT2D eigenvalue weighted by Crippen LogP contribution is -2.41. The molecule has 1 aromatic heterocycles. The molecule has 2 atom stereocenters. The van der Waals surface area contributed by atoms with E-state index >= 15 is 0 Å². The zero-order valence-electron chi connectivity index (χ0n) is 14.4. The lowest BCUT2D eigenvalue weighted by atomic mass is 9.97. The van der Waals surface area contributed by atoms with Crippen LogP contribution < -0.4 is 10.6 Å². The van der Waals surface area contributed by atoms with E-state index < -0.39 is 18.3 Å². The Morgan fingerprint density at radius 1 is 1.27 bits per heavy atom. The normalized spacial score (nSPS) is 22.3. The number of nitrogens with one attached hydrogen (secondary N) is 2. The van der Waals surface area contributed by atoms with Crippen molar-refractivity contribution < 1.29 is 23.0 Å². The zero-order chi connectivity index (χ0) is 18.7. The van der Waals surface area contributed by atoms with E-state index in [0.717, 1.165) is 6.42 Å². The van der Waals surface area contributed by atoms with Gasteiger partial charge >= 0.3 is 6.18 Å². The Hall–Kier alpha value is -1.94. The summed E-state index contributed by atoms with van der Waals surface area (Å²) in [4.78, 5) is 12.6. The lowest BCUT2D eigenvalue weighted by Gasteiger charge is -2.27. The molecule has 1 saturated heterocycles. The Balaban J connectivity index is 1.89. The molecule has 1 aliphatic heterocycles. The maximum Gasteiger partial charge on any atom is 0.408 e. The van der Waals surface area contributed by atoms with Gasteiger partial charge in [-0.05, 0) is 37.3 Å². The van der Waals surface area contributed by atoms with Crippen molar-refractivity contribution in [3.63, 3.8) is 0 Å². The highest BCUT2D eigenvalue weighted by atomic mass is 19.4. The van der Waals surface area contributed by atoms with Gasteiger partial charge in [-0.2, -0.15) is 28.1 Å². The van der Waals surface area contributed by atoms with Crippen LogP contribution in [-0.2, 0) is 4.74 Å². The van der Waals surface area contributed by atoms with Crippen molar-refractivity contribution in [1.82, 2.24) is 15.0 Å². The van der Waals surface area contributed by atoms with Gasteiger partial charge in [-0.25, -0.2) is 0 Å². The minimum Gasteiger partial charge on any atom is -0.389 e. The maximum absolute atomic E-state index is 13.1. The summed E-state index contributed by atoms with van der Waals surface area (Å²) in [6, 6.07) is -1.72. The summed E-state index contributed by atoms with van der Waals surface area (Å²) in [6.45, 7) is 2.43. The van der Waals surface area contributed by atoms with Gasteiger partial charge in [-0.1, -0.05) is 6.92 Å². The monoisotopic (exact) mass is 373 g/mol. The number of anilines is 2. The standard InChI is InChI=1S/C16H22F3N5O2/c1-2-12(16(17,18)19)21-15-23-13(9-4-3-5-11(25)6-9)22-14(24-15)20-10-7-26-8-10/h6,10-12,25H,2-5,7-8H2,1H3,(H2,20,21,22,23,24)/t11?,12-/m1/s1. The molecule has 1 unspecified atom stereocenters. The van der Waals surface area contributed by atoms with Crippen molar-refractivity contribution in [3.05, 3.63) is 11.9 Å². The number of alkyl halides is 3. The minimum absolute atomic E-state index is 0.0219. The fourth-order valence-corrected chi connectivity index (χ4v) is 2.81. The predicted molar refractivity (Wildman–Crippen MR) is 89.6 cm³/mol. The zero-order valence-corrected chi connectivity index (χ0v) is 14.4. The van der Waals surface area contributed by atoms with Gasteiger partial charge in [0.2, 0.25) is 11.9 Å². The average molecular weight is 373 g/mol. The van der Waals surface area contributed by atoms with Crippen molar-refractivity contribution in [3.8, 4) is 0 Å². The summed E-state index contributed by atoms with van der Waals surface area (Å²) < 4.78 is 44.3. The largest absolute Gasteiger partial charge is 0.408 e. The Morgan fingerprint density at radius 3 is 2.58 bits per heavy atom. The molecule has 1 aromatic rings. The second-order valence-electron chi connectivity index (χ2n) is 6.48. The number of rotatable bonds is 6. The van der Waals surface area contributed by atoms with E-state index in [1.54, 1.807) is 6.08 Å². The summed E-state index contributed by atoms with van der Waals surface area (Å²) in [6.07, 6.45) is -1.43. The highest BCUT2D eigenvalue weighted by Crippen LogP contribution is 2.28. The quantitative estimate of drug-likeness (QED) is 0.705. The highest BCUT2D eigenvalue weighted by Gasteiger charge is 2.39. The van der Waals surface area contributed by atoms with Gasteiger partial charge in [0.1, 0.15) is 6.04 Å². The molecule has 0 bridgehead atoms. The molecule has 3 N–H and O–H groups in total. The number of halogens is 3. The van der Waals surface area contributed by atoms with E-state index in [1.165, 1.54) is 6.92 Å². The number of hydrogen-bond donors (Lipinski definition) is 3. The number of nitrogens with zero attached hydrogens (tertiary/aromatic N) is 3. The highest BCUT2D eigenvalue weighted by molar-refractivity contribution is 5.63. The molecule has 26 heavy (non-hydrogen) atoms. The molecule has 7 nitrogen and oxygen atoms in total. The van der Waals surface area contributed by atoms with E-state index in [-0.39, 0.29) is 30.2 Å². The molecule has 2 aliphatic rings. The van der Waals surface area contributed by atoms with E-state index in [2.05, 4.69) is 25.6 Å². The number of aliphatic hydroxyl groups is 1. The van der Waals surface area contributed by atoms with E-state index in [4.69, 9.17) is 4.74 Å². The van der Waals surface area contributed by atoms with Crippen molar-refractivity contribution in [2.75, 3.05) is 23.8 Å². The lowest BCUT2D eigenvalue weighted by molar-refractivity contribution is -0.143. The SMILES string of the molecule is CC[C@@H](Nc1nc(NC2COC2)nc(C2=CC(O)CCC2)n1)C(F)(F)F. The fraction of sp³-hybridized carbons (Fsp3) is 0.688. The van der Waals surface area contributed by atoms with Crippen LogP contribution in [-0.4, -0.2) is 57.6 Å². The van der Waals surface area contributed by atoms with Crippen LogP contribution in [0.3, 0.4) is 0 Å². The summed E-state index contributed by atoms with van der Waals surface area (Å²) in [7, 11) is 0. The molecule has 3 rings (SSSR count). The van der Waals surface area contributed by atoms with Gasteiger partial charge in [-0.3, -0.25) is 0 Å². The average Bonchev–Trinajstić information content (AvgIpc) is 2.55. The first-order chi connectivity index (χ1) is 12.3. The summed E-state index contributed by atoms with van der Waals surface area (Å²) >= 11 is 0. The molecule has 0 radical (unpaired) electrons. The molecule has 144 valence electrons. The van der Waals surface area contributed by atoms with Crippen LogP contribution in [0, 0.1) is 0 Å². The first-order valence-electron chi connectivity index (χ1n) is 8.68. The third-order valence-corrected chi connectivity index (χ3v) is 4.34. The molecule has 0 aromatic carbocycles. The Labute approximate surface area is 149 Å². The molecular weight excluding hydrogens is 351 g/mol. The van der Waals surface area contributed by atoms with Gasteiger partial charge in [0.25, 0.3) is 0 Å². The fourth-order valence-electron chi connectivity index (χ4n) is 2.81. The van der Waals surface area contributed by atoms with Crippen LogP contribution in [0.25, 0.3) is 5.57 Å². The summed E-state index contributed by atoms with van der Waals surface area (Å²) in [5.74, 6) is 0.340. The smallest absolute Gasteiger partial charge is 0.389 e. The van der Waals surface area contributed by atoms with E-state index in [9.17, 15) is 18.3 Å². The minimum atomic E-state index is -4.41. The molecule has 1 aliphatic carbocycles. The number of allylic oxidation sites excluding steroid dienone is 1. The molecule has 0 amide bonds. The topological polar surface area (TPSA) is 92.2 Å².